The van der Waals surface area contributed by atoms with Crippen molar-refractivity contribution in [2.24, 2.45) is 0 Å². The van der Waals surface area contributed by atoms with Gasteiger partial charge in [0.25, 0.3) is 0 Å². The minimum atomic E-state index is 0.345. The number of hydrogen-bond acceptors (Lipinski definition) is 2. The third-order valence-corrected chi connectivity index (χ3v) is 6.47. The maximum atomic E-state index is 10.7. The Hall–Kier alpha value is -1.96. The molecule has 0 aliphatic heterocycles. The van der Waals surface area contributed by atoms with E-state index in [-0.39, 0.29) is 0 Å². The van der Waals surface area contributed by atoms with Crippen LogP contribution in [-0.4, -0.2) is 10.2 Å². The Morgan fingerprint density at radius 2 is 1.23 bits per heavy atom. The summed E-state index contributed by atoms with van der Waals surface area (Å²) in [6, 6.07) is 12.0. The Balaban J connectivity index is 1.67. The van der Waals surface area contributed by atoms with Gasteiger partial charge >= 0.3 is 0 Å². The SMILES string of the molecule is Oc1ccc(-c2ccc(C3CCCCC3)c(O)c2)c(C2CCCCC2)c1. The first-order valence-corrected chi connectivity index (χ1v) is 10.4. The van der Waals surface area contributed by atoms with Gasteiger partial charge in [0.2, 0.25) is 0 Å². The van der Waals surface area contributed by atoms with Crippen molar-refractivity contribution in [3.05, 3.63) is 47.5 Å². The molecule has 2 aliphatic rings. The summed E-state index contributed by atoms with van der Waals surface area (Å²) in [6.45, 7) is 0. The Bertz CT molecular complexity index is 753. The lowest BCUT2D eigenvalue weighted by Crippen LogP contribution is -2.06. The molecule has 0 amide bonds. The minimum absolute atomic E-state index is 0.345. The summed E-state index contributed by atoms with van der Waals surface area (Å²) in [5.74, 6) is 1.82. The maximum Gasteiger partial charge on any atom is 0.119 e. The molecule has 2 aromatic carbocycles. The average Bonchev–Trinajstić information content (AvgIpc) is 2.69. The lowest BCUT2D eigenvalue weighted by molar-refractivity contribution is 0.414. The van der Waals surface area contributed by atoms with Crippen LogP contribution in [0.2, 0.25) is 0 Å². The summed E-state index contributed by atoms with van der Waals surface area (Å²) in [7, 11) is 0. The van der Waals surface area contributed by atoms with Crippen LogP contribution in [0, 0.1) is 0 Å². The zero-order valence-corrected chi connectivity index (χ0v) is 15.6. The average molecular weight is 351 g/mol. The van der Waals surface area contributed by atoms with Gasteiger partial charge in [-0.3, -0.25) is 0 Å². The number of phenolic OH excluding ortho intramolecular Hbond substituents is 2. The normalized spacial score (nSPS) is 19.5. The lowest BCUT2D eigenvalue weighted by atomic mass is 9.80. The highest BCUT2D eigenvalue weighted by atomic mass is 16.3. The van der Waals surface area contributed by atoms with Gasteiger partial charge in [-0.1, -0.05) is 56.7 Å². The second-order valence-corrected chi connectivity index (χ2v) is 8.22. The van der Waals surface area contributed by atoms with Gasteiger partial charge in [0.15, 0.2) is 0 Å². The largest absolute Gasteiger partial charge is 0.508 e. The van der Waals surface area contributed by atoms with Crippen LogP contribution in [0.1, 0.15) is 87.2 Å². The molecule has 0 bridgehead atoms. The van der Waals surface area contributed by atoms with Crippen molar-refractivity contribution in [3.8, 4) is 22.6 Å². The summed E-state index contributed by atoms with van der Waals surface area (Å²) < 4.78 is 0. The van der Waals surface area contributed by atoms with E-state index in [1.165, 1.54) is 75.3 Å². The first-order valence-electron chi connectivity index (χ1n) is 10.4. The van der Waals surface area contributed by atoms with Crippen molar-refractivity contribution in [1.29, 1.82) is 0 Å². The second kappa shape index (κ2) is 7.73. The fourth-order valence-corrected chi connectivity index (χ4v) is 5.03. The van der Waals surface area contributed by atoms with E-state index in [2.05, 4.69) is 12.1 Å². The summed E-state index contributed by atoms with van der Waals surface area (Å²) in [5.41, 5.74) is 4.60. The van der Waals surface area contributed by atoms with Crippen molar-refractivity contribution in [1.82, 2.24) is 0 Å². The molecule has 138 valence electrons. The Morgan fingerprint density at radius 3 is 1.85 bits per heavy atom. The van der Waals surface area contributed by atoms with Crippen molar-refractivity contribution in [3.63, 3.8) is 0 Å². The van der Waals surface area contributed by atoms with E-state index in [4.69, 9.17) is 0 Å². The smallest absolute Gasteiger partial charge is 0.119 e. The Morgan fingerprint density at radius 1 is 0.615 bits per heavy atom. The van der Waals surface area contributed by atoms with Crippen LogP contribution in [0.15, 0.2) is 36.4 Å². The molecule has 0 aromatic heterocycles. The Kier molecular flexibility index (Phi) is 5.19. The fraction of sp³-hybridized carbons (Fsp3) is 0.500. The van der Waals surface area contributed by atoms with Crippen LogP contribution in [-0.2, 0) is 0 Å². The van der Waals surface area contributed by atoms with E-state index in [0.717, 1.165) is 11.1 Å². The zero-order valence-electron chi connectivity index (χ0n) is 15.6. The molecular weight excluding hydrogens is 320 g/mol. The van der Waals surface area contributed by atoms with Crippen LogP contribution in [0.25, 0.3) is 11.1 Å². The molecule has 0 heterocycles. The van der Waals surface area contributed by atoms with Crippen molar-refractivity contribution in [2.75, 3.05) is 0 Å². The molecule has 2 aliphatic carbocycles. The quantitative estimate of drug-likeness (QED) is 0.635. The van der Waals surface area contributed by atoms with Crippen molar-refractivity contribution < 1.29 is 10.2 Å². The van der Waals surface area contributed by atoms with Gasteiger partial charge in [-0.15, -0.1) is 0 Å². The molecule has 2 N–H and O–H groups in total. The van der Waals surface area contributed by atoms with E-state index in [1.54, 1.807) is 6.07 Å². The van der Waals surface area contributed by atoms with Crippen LogP contribution >= 0.6 is 0 Å². The highest BCUT2D eigenvalue weighted by Crippen LogP contribution is 2.42. The molecule has 2 saturated carbocycles. The first-order chi connectivity index (χ1) is 12.7. The van der Waals surface area contributed by atoms with E-state index in [0.29, 0.717) is 23.3 Å². The molecule has 4 rings (SSSR count). The van der Waals surface area contributed by atoms with Gasteiger partial charge in [-0.2, -0.15) is 0 Å². The van der Waals surface area contributed by atoms with Gasteiger partial charge < -0.3 is 10.2 Å². The first kappa shape index (κ1) is 17.5. The van der Waals surface area contributed by atoms with Gasteiger partial charge in [0.05, 0.1) is 0 Å². The standard InChI is InChI=1S/C24H30O2/c25-20-12-14-21(23(16-20)18-9-5-2-6-10-18)19-11-13-22(24(26)15-19)17-7-3-1-4-8-17/h11-18,25-26H,1-10H2. The van der Waals surface area contributed by atoms with E-state index < -0.39 is 0 Å². The molecule has 2 aromatic rings. The molecule has 0 radical (unpaired) electrons. The fourth-order valence-electron chi connectivity index (χ4n) is 5.03. The molecule has 0 spiro atoms. The molecule has 2 fully saturated rings. The molecule has 26 heavy (non-hydrogen) atoms. The van der Waals surface area contributed by atoms with Crippen LogP contribution in [0.3, 0.4) is 0 Å². The van der Waals surface area contributed by atoms with Gasteiger partial charge in [-0.25, -0.2) is 0 Å². The number of phenols is 2. The van der Waals surface area contributed by atoms with Crippen molar-refractivity contribution in [2.45, 2.75) is 76.0 Å². The van der Waals surface area contributed by atoms with E-state index >= 15 is 0 Å². The summed E-state index contributed by atoms with van der Waals surface area (Å²) >= 11 is 0. The molecule has 0 saturated heterocycles. The van der Waals surface area contributed by atoms with E-state index in [1.807, 2.05) is 18.2 Å². The summed E-state index contributed by atoms with van der Waals surface area (Å²) in [4.78, 5) is 0. The molecule has 0 atom stereocenters. The van der Waals surface area contributed by atoms with E-state index in [9.17, 15) is 10.2 Å². The van der Waals surface area contributed by atoms with Gasteiger partial charge in [-0.05, 0) is 78.0 Å². The van der Waals surface area contributed by atoms with Gasteiger partial charge in [0, 0.05) is 0 Å². The highest BCUT2D eigenvalue weighted by molar-refractivity contribution is 5.71. The second-order valence-electron chi connectivity index (χ2n) is 8.22. The maximum absolute atomic E-state index is 10.7. The molecule has 2 heteroatoms. The van der Waals surface area contributed by atoms with Crippen LogP contribution < -0.4 is 0 Å². The third kappa shape index (κ3) is 3.60. The number of aromatic hydroxyl groups is 2. The number of benzene rings is 2. The zero-order chi connectivity index (χ0) is 17.9. The van der Waals surface area contributed by atoms with Crippen LogP contribution in [0.4, 0.5) is 0 Å². The molecule has 2 nitrogen and oxygen atoms in total. The third-order valence-electron chi connectivity index (χ3n) is 6.47. The predicted molar refractivity (Wildman–Crippen MR) is 107 cm³/mol. The topological polar surface area (TPSA) is 40.5 Å². The molecular formula is C24H30O2. The monoisotopic (exact) mass is 350 g/mol. The highest BCUT2D eigenvalue weighted by Gasteiger charge is 2.22. The number of hydrogen-bond donors (Lipinski definition) is 2. The number of rotatable bonds is 3. The lowest BCUT2D eigenvalue weighted by Gasteiger charge is -2.25. The van der Waals surface area contributed by atoms with Gasteiger partial charge in [0.1, 0.15) is 11.5 Å². The Labute approximate surface area is 156 Å². The molecule has 0 unspecified atom stereocenters. The summed E-state index contributed by atoms with van der Waals surface area (Å²) in [5, 5.41) is 20.7. The predicted octanol–water partition coefficient (Wildman–Crippen LogP) is 6.86. The van der Waals surface area contributed by atoms with Crippen LogP contribution in [0.5, 0.6) is 11.5 Å². The summed E-state index contributed by atoms with van der Waals surface area (Å²) in [6.07, 6.45) is 12.5. The van der Waals surface area contributed by atoms with Crippen molar-refractivity contribution >= 4 is 0 Å². The minimum Gasteiger partial charge on any atom is -0.508 e.